The van der Waals surface area contributed by atoms with Crippen molar-refractivity contribution in [1.82, 2.24) is 25.1 Å². The number of aromatic nitrogens is 2. The van der Waals surface area contributed by atoms with Crippen LogP contribution < -0.4 is 10.6 Å². The largest absolute Gasteiger partial charge is 0.333 e. The van der Waals surface area contributed by atoms with Gasteiger partial charge in [-0.3, -0.25) is 0 Å². The molecule has 0 bridgehead atoms. The number of aryl methyl sites for hydroxylation is 1. The van der Waals surface area contributed by atoms with Gasteiger partial charge in [0.05, 0.1) is 18.3 Å². The van der Waals surface area contributed by atoms with Crippen molar-refractivity contribution in [2.45, 2.75) is 31.8 Å². The van der Waals surface area contributed by atoms with E-state index >= 15 is 0 Å². The van der Waals surface area contributed by atoms with E-state index in [1.54, 1.807) is 29.3 Å². The molecule has 0 saturated carbocycles. The van der Waals surface area contributed by atoms with Crippen LogP contribution in [0, 0.1) is 18.6 Å². The Kier molecular flexibility index (Phi) is 6.34. The van der Waals surface area contributed by atoms with E-state index < -0.39 is 0 Å². The minimum Gasteiger partial charge on any atom is -0.333 e. The van der Waals surface area contributed by atoms with Gasteiger partial charge in [0.2, 0.25) is 5.95 Å². The number of carbonyl (C=O) groups is 1. The summed E-state index contributed by atoms with van der Waals surface area (Å²) in [7, 11) is 2.00. The number of likely N-dealkylation sites (tertiary alicyclic amines) is 1. The van der Waals surface area contributed by atoms with E-state index in [0.717, 1.165) is 34.6 Å². The lowest BCUT2D eigenvalue weighted by Gasteiger charge is -2.30. The summed E-state index contributed by atoms with van der Waals surface area (Å²) in [4.78, 5) is 26.1. The van der Waals surface area contributed by atoms with Crippen LogP contribution in [0.3, 0.4) is 0 Å². The molecular formula is C26H28F2N6O. The molecule has 0 spiro atoms. The summed E-state index contributed by atoms with van der Waals surface area (Å²) in [5, 5.41) is 6.31. The Morgan fingerprint density at radius 2 is 1.94 bits per heavy atom. The third kappa shape index (κ3) is 5.09. The minimum atomic E-state index is -0.297. The number of hydrogen-bond acceptors (Lipinski definition) is 5. The van der Waals surface area contributed by atoms with Crippen molar-refractivity contribution in [3.8, 4) is 0 Å². The third-order valence-corrected chi connectivity index (χ3v) is 6.76. The molecule has 5 rings (SSSR count). The molecule has 2 amide bonds. The molecule has 1 aromatic heterocycles. The van der Waals surface area contributed by atoms with Gasteiger partial charge in [-0.25, -0.2) is 23.5 Å². The lowest BCUT2D eigenvalue weighted by atomic mass is 9.94. The Bertz CT molecular complexity index is 1250. The van der Waals surface area contributed by atoms with Crippen molar-refractivity contribution in [3.05, 3.63) is 82.7 Å². The fourth-order valence-electron chi connectivity index (χ4n) is 4.90. The zero-order valence-electron chi connectivity index (χ0n) is 19.8. The maximum atomic E-state index is 13.8. The van der Waals surface area contributed by atoms with Crippen LogP contribution in [0.1, 0.15) is 28.3 Å². The van der Waals surface area contributed by atoms with Gasteiger partial charge in [0, 0.05) is 37.4 Å². The second-order valence-electron chi connectivity index (χ2n) is 9.36. The van der Waals surface area contributed by atoms with Crippen molar-refractivity contribution < 1.29 is 13.6 Å². The summed E-state index contributed by atoms with van der Waals surface area (Å²) in [5.74, 6) is -0.137. The van der Waals surface area contributed by atoms with Crippen LogP contribution in [0.4, 0.5) is 25.2 Å². The van der Waals surface area contributed by atoms with Gasteiger partial charge in [-0.2, -0.15) is 0 Å². The normalized spacial score (nSPS) is 19.9. The fourth-order valence-corrected chi connectivity index (χ4v) is 4.90. The van der Waals surface area contributed by atoms with Crippen LogP contribution >= 0.6 is 0 Å². The van der Waals surface area contributed by atoms with Crippen LogP contribution in [0.25, 0.3) is 0 Å². The number of rotatable bonds is 4. The summed E-state index contributed by atoms with van der Waals surface area (Å²) >= 11 is 0. The second kappa shape index (κ2) is 9.58. The number of fused-ring (bicyclic) bond motifs is 1. The summed E-state index contributed by atoms with van der Waals surface area (Å²) in [6.45, 7) is 4.20. The van der Waals surface area contributed by atoms with Crippen molar-refractivity contribution in [1.29, 1.82) is 0 Å². The van der Waals surface area contributed by atoms with Crippen LogP contribution in [0.15, 0.2) is 48.7 Å². The van der Waals surface area contributed by atoms with E-state index in [0.29, 0.717) is 32.0 Å². The molecule has 35 heavy (non-hydrogen) atoms. The standard InChI is InChI=1S/C26H28F2N6O/c1-16-10-20(28)6-7-22(16)30-25-29-12-18-8-9-34(15-23(18)31-25)26(35)32-24-14-33(2)13-21(24)17-4-3-5-19(27)11-17/h3-7,10-12,21,24H,8-9,13-15H2,1-2H3,(H,32,35)(H,29,30,31)/t21-,24+/m0/s1. The number of amides is 2. The maximum absolute atomic E-state index is 13.8. The van der Waals surface area contributed by atoms with Gasteiger partial charge >= 0.3 is 6.03 Å². The van der Waals surface area contributed by atoms with Gasteiger partial charge in [0.1, 0.15) is 11.6 Å². The molecule has 2 N–H and O–H groups in total. The smallest absolute Gasteiger partial charge is 0.318 e. The number of carbonyl (C=O) groups excluding carboxylic acids is 1. The number of nitrogens with one attached hydrogen (secondary N) is 2. The molecule has 9 heteroatoms. The van der Waals surface area contributed by atoms with E-state index in [1.807, 2.05) is 20.0 Å². The third-order valence-electron chi connectivity index (χ3n) is 6.76. The molecule has 182 valence electrons. The van der Waals surface area contributed by atoms with Gasteiger partial charge in [-0.05, 0) is 67.4 Å². The Morgan fingerprint density at radius 1 is 1.11 bits per heavy atom. The topological polar surface area (TPSA) is 73.4 Å². The van der Waals surface area contributed by atoms with Crippen molar-refractivity contribution >= 4 is 17.7 Å². The highest BCUT2D eigenvalue weighted by Crippen LogP contribution is 2.28. The monoisotopic (exact) mass is 478 g/mol. The molecule has 2 aromatic carbocycles. The molecule has 3 aromatic rings. The number of anilines is 2. The number of nitrogens with zero attached hydrogens (tertiary/aromatic N) is 4. The molecule has 0 unspecified atom stereocenters. The first-order valence-electron chi connectivity index (χ1n) is 11.7. The average Bonchev–Trinajstić information content (AvgIpc) is 3.20. The first-order valence-corrected chi connectivity index (χ1v) is 11.7. The summed E-state index contributed by atoms with van der Waals surface area (Å²) in [5.41, 5.74) is 4.16. The predicted molar refractivity (Wildman–Crippen MR) is 130 cm³/mol. The highest BCUT2D eigenvalue weighted by atomic mass is 19.1. The Hall–Kier alpha value is -3.59. The SMILES string of the molecule is Cc1cc(F)ccc1Nc1ncc2c(n1)CN(C(=O)N[C@@H]1CN(C)C[C@H]1c1cccc(F)c1)CC2. The first kappa shape index (κ1) is 23.2. The number of halogens is 2. The Labute approximate surface area is 203 Å². The van der Waals surface area contributed by atoms with Gasteiger partial charge in [-0.15, -0.1) is 0 Å². The quantitative estimate of drug-likeness (QED) is 0.594. The van der Waals surface area contributed by atoms with Crippen molar-refractivity contribution in [2.24, 2.45) is 0 Å². The maximum Gasteiger partial charge on any atom is 0.318 e. The summed E-state index contributed by atoms with van der Waals surface area (Å²) in [6, 6.07) is 10.8. The highest BCUT2D eigenvalue weighted by molar-refractivity contribution is 5.75. The minimum absolute atomic E-state index is 0.0220. The van der Waals surface area contributed by atoms with E-state index in [4.69, 9.17) is 0 Å². The molecule has 2 aliphatic heterocycles. The molecule has 2 atom stereocenters. The first-order chi connectivity index (χ1) is 16.9. The molecule has 1 fully saturated rings. The van der Waals surface area contributed by atoms with Crippen LogP contribution in [-0.2, 0) is 13.0 Å². The van der Waals surface area contributed by atoms with Crippen LogP contribution in [0.2, 0.25) is 0 Å². The molecule has 2 aliphatic rings. The van der Waals surface area contributed by atoms with E-state index in [-0.39, 0.29) is 29.6 Å². The number of urea groups is 1. The fraction of sp³-hybridized carbons (Fsp3) is 0.346. The zero-order valence-corrected chi connectivity index (χ0v) is 19.8. The summed E-state index contributed by atoms with van der Waals surface area (Å²) in [6.07, 6.45) is 2.45. The Morgan fingerprint density at radius 3 is 2.74 bits per heavy atom. The van der Waals surface area contributed by atoms with Gasteiger partial charge in [-0.1, -0.05) is 12.1 Å². The summed E-state index contributed by atoms with van der Waals surface area (Å²) < 4.78 is 27.2. The van der Waals surface area contributed by atoms with Gasteiger partial charge in [0.25, 0.3) is 0 Å². The zero-order chi connectivity index (χ0) is 24.5. The van der Waals surface area contributed by atoms with Crippen LogP contribution in [0.5, 0.6) is 0 Å². The van der Waals surface area contributed by atoms with Gasteiger partial charge in [0.15, 0.2) is 0 Å². The highest BCUT2D eigenvalue weighted by Gasteiger charge is 2.35. The number of hydrogen-bond donors (Lipinski definition) is 2. The predicted octanol–water partition coefficient (Wildman–Crippen LogP) is 3.97. The lowest BCUT2D eigenvalue weighted by molar-refractivity contribution is 0.186. The average molecular weight is 479 g/mol. The van der Waals surface area contributed by atoms with Gasteiger partial charge < -0.3 is 20.4 Å². The molecule has 7 nitrogen and oxygen atoms in total. The second-order valence-corrected chi connectivity index (χ2v) is 9.36. The lowest BCUT2D eigenvalue weighted by Crippen LogP contribution is -2.48. The molecule has 0 aliphatic carbocycles. The number of likely N-dealkylation sites (N-methyl/N-ethyl adjacent to an activating group) is 1. The van der Waals surface area contributed by atoms with Crippen LogP contribution in [-0.4, -0.2) is 58.5 Å². The van der Waals surface area contributed by atoms with Crippen molar-refractivity contribution in [3.63, 3.8) is 0 Å². The van der Waals surface area contributed by atoms with E-state index in [9.17, 15) is 13.6 Å². The molecule has 0 radical (unpaired) electrons. The molecule has 1 saturated heterocycles. The number of benzene rings is 2. The molecular weight excluding hydrogens is 450 g/mol. The Balaban J connectivity index is 1.27. The van der Waals surface area contributed by atoms with Crippen molar-refractivity contribution in [2.75, 3.05) is 32.0 Å². The molecule has 3 heterocycles. The van der Waals surface area contributed by atoms with E-state index in [1.165, 1.54) is 18.2 Å². The van der Waals surface area contributed by atoms with E-state index in [2.05, 4.69) is 25.5 Å².